The molecule has 0 fully saturated rings. The highest BCUT2D eigenvalue weighted by molar-refractivity contribution is 6.00. The van der Waals surface area contributed by atoms with Crippen LogP contribution in [0.3, 0.4) is 0 Å². The topological polar surface area (TPSA) is 80.4 Å². The van der Waals surface area contributed by atoms with E-state index in [2.05, 4.69) is 0 Å². The monoisotopic (exact) mass is 171 g/mol. The molecule has 4 heteroatoms. The van der Waals surface area contributed by atoms with Crippen LogP contribution in [0.15, 0.2) is 12.2 Å². The van der Waals surface area contributed by atoms with E-state index in [0.717, 1.165) is 0 Å². The zero-order valence-corrected chi connectivity index (χ0v) is 7.20. The fraction of sp³-hybridized carbons (Fsp3) is 0.500. The molecule has 0 aromatic carbocycles. The highest BCUT2D eigenvalue weighted by Crippen LogP contribution is 2.21. The summed E-state index contributed by atoms with van der Waals surface area (Å²) in [5.74, 6) is -2.00. The van der Waals surface area contributed by atoms with Crippen LogP contribution in [0.5, 0.6) is 0 Å². The maximum Gasteiger partial charge on any atom is 0.319 e. The van der Waals surface area contributed by atoms with Crippen molar-refractivity contribution >= 4 is 11.9 Å². The van der Waals surface area contributed by atoms with Gasteiger partial charge in [-0.2, -0.15) is 0 Å². The lowest BCUT2D eigenvalue weighted by molar-refractivity contribution is -0.153. The maximum atomic E-state index is 10.8. The molecule has 0 saturated heterocycles. The van der Waals surface area contributed by atoms with Gasteiger partial charge in [0.1, 0.15) is 5.41 Å². The van der Waals surface area contributed by atoms with Gasteiger partial charge in [0.25, 0.3) is 0 Å². The molecular formula is C8H13NO3. The molecule has 1 atom stereocenters. The van der Waals surface area contributed by atoms with Crippen LogP contribution in [-0.2, 0) is 9.59 Å². The van der Waals surface area contributed by atoms with E-state index in [1.165, 1.54) is 6.92 Å². The summed E-state index contributed by atoms with van der Waals surface area (Å²) in [5, 5.41) is 8.69. The van der Waals surface area contributed by atoms with Gasteiger partial charge < -0.3 is 10.8 Å². The molecule has 0 aromatic heterocycles. The van der Waals surface area contributed by atoms with E-state index in [4.69, 9.17) is 10.8 Å². The van der Waals surface area contributed by atoms with Gasteiger partial charge in [-0.05, 0) is 20.3 Å². The second-order valence-electron chi connectivity index (χ2n) is 2.77. The molecule has 0 aliphatic carbocycles. The summed E-state index contributed by atoms with van der Waals surface area (Å²) in [5.41, 5.74) is 3.48. The minimum atomic E-state index is -1.48. The van der Waals surface area contributed by atoms with Gasteiger partial charge in [0.2, 0.25) is 5.91 Å². The van der Waals surface area contributed by atoms with Gasteiger partial charge >= 0.3 is 5.97 Å². The number of primary amides is 1. The minimum absolute atomic E-state index is 0.133. The number of allylic oxidation sites excluding steroid dienone is 2. The van der Waals surface area contributed by atoms with Crippen LogP contribution in [0.1, 0.15) is 20.3 Å². The lowest BCUT2D eigenvalue weighted by atomic mass is 9.86. The Kier molecular flexibility index (Phi) is 3.47. The van der Waals surface area contributed by atoms with Crippen LogP contribution in [-0.4, -0.2) is 17.0 Å². The van der Waals surface area contributed by atoms with Crippen molar-refractivity contribution in [1.82, 2.24) is 0 Å². The fourth-order valence-corrected chi connectivity index (χ4v) is 0.647. The normalized spacial score (nSPS) is 15.8. The first-order valence-electron chi connectivity index (χ1n) is 3.59. The van der Waals surface area contributed by atoms with Gasteiger partial charge in [-0.25, -0.2) is 0 Å². The molecule has 1 amide bonds. The lowest BCUT2D eigenvalue weighted by Crippen LogP contribution is -2.40. The van der Waals surface area contributed by atoms with E-state index in [9.17, 15) is 9.59 Å². The molecule has 1 unspecified atom stereocenters. The summed E-state index contributed by atoms with van der Waals surface area (Å²) in [6.45, 7) is 3.07. The van der Waals surface area contributed by atoms with Gasteiger partial charge in [-0.15, -0.1) is 0 Å². The second kappa shape index (κ2) is 3.90. The van der Waals surface area contributed by atoms with E-state index in [-0.39, 0.29) is 6.42 Å². The zero-order valence-electron chi connectivity index (χ0n) is 7.20. The highest BCUT2D eigenvalue weighted by Gasteiger charge is 2.38. The summed E-state index contributed by atoms with van der Waals surface area (Å²) in [4.78, 5) is 21.4. The highest BCUT2D eigenvalue weighted by atomic mass is 16.4. The first-order valence-corrected chi connectivity index (χ1v) is 3.59. The van der Waals surface area contributed by atoms with Crippen molar-refractivity contribution in [2.75, 3.05) is 0 Å². The number of carboxylic acids is 1. The van der Waals surface area contributed by atoms with E-state index in [1.807, 2.05) is 0 Å². The molecule has 4 nitrogen and oxygen atoms in total. The van der Waals surface area contributed by atoms with Crippen molar-refractivity contribution in [2.24, 2.45) is 11.1 Å². The molecule has 0 bridgehead atoms. The number of nitrogens with two attached hydrogens (primary N) is 1. The number of carbonyl (C=O) groups is 2. The molecule has 0 heterocycles. The number of rotatable bonds is 4. The van der Waals surface area contributed by atoms with Crippen LogP contribution in [0.25, 0.3) is 0 Å². The Morgan fingerprint density at radius 3 is 2.33 bits per heavy atom. The van der Waals surface area contributed by atoms with Crippen molar-refractivity contribution in [1.29, 1.82) is 0 Å². The number of hydrogen-bond donors (Lipinski definition) is 2. The van der Waals surface area contributed by atoms with Crippen LogP contribution in [0.4, 0.5) is 0 Å². The molecule has 0 aliphatic heterocycles. The Bertz CT molecular complexity index is 206. The Balaban J connectivity index is 4.62. The molecule has 0 aromatic rings. The van der Waals surface area contributed by atoms with Gasteiger partial charge in [-0.1, -0.05) is 12.2 Å². The molecule has 0 aliphatic rings. The van der Waals surface area contributed by atoms with Crippen LogP contribution >= 0.6 is 0 Å². The minimum Gasteiger partial charge on any atom is -0.480 e. The molecular weight excluding hydrogens is 158 g/mol. The fourth-order valence-electron chi connectivity index (χ4n) is 0.647. The molecule has 0 saturated carbocycles. The smallest absolute Gasteiger partial charge is 0.319 e. The summed E-state index contributed by atoms with van der Waals surface area (Å²) >= 11 is 0. The van der Waals surface area contributed by atoms with Gasteiger partial charge in [0.05, 0.1) is 0 Å². The van der Waals surface area contributed by atoms with Crippen molar-refractivity contribution in [2.45, 2.75) is 20.3 Å². The number of carboxylic acid groups (broad SMARTS) is 1. The number of aliphatic carboxylic acids is 1. The third-order valence-electron chi connectivity index (χ3n) is 1.78. The van der Waals surface area contributed by atoms with Crippen LogP contribution in [0.2, 0.25) is 0 Å². The van der Waals surface area contributed by atoms with E-state index < -0.39 is 17.3 Å². The largest absolute Gasteiger partial charge is 0.480 e. The van der Waals surface area contributed by atoms with Crippen molar-refractivity contribution in [3.05, 3.63) is 12.2 Å². The average molecular weight is 171 g/mol. The summed E-state index contributed by atoms with van der Waals surface area (Å²) in [6, 6.07) is 0. The molecule has 0 spiro atoms. The lowest BCUT2D eigenvalue weighted by Gasteiger charge is -2.18. The molecule has 0 radical (unpaired) electrons. The van der Waals surface area contributed by atoms with E-state index in [1.54, 1.807) is 19.1 Å². The first kappa shape index (κ1) is 10.7. The predicted octanol–water partition coefficient (Wildman–Crippen LogP) is 0.529. The van der Waals surface area contributed by atoms with E-state index >= 15 is 0 Å². The average Bonchev–Trinajstić information content (AvgIpc) is 1.99. The number of amides is 1. The Morgan fingerprint density at radius 2 is 2.08 bits per heavy atom. The van der Waals surface area contributed by atoms with Crippen molar-refractivity contribution in [3.63, 3.8) is 0 Å². The Labute approximate surface area is 71.1 Å². The number of hydrogen-bond acceptors (Lipinski definition) is 2. The third kappa shape index (κ3) is 2.08. The SMILES string of the molecule is C/C=C/CC(C)(C(N)=O)C(=O)O. The van der Waals surface area contributed by atoms with Crippen molar-refractivity contribution in [3.8, 4) is 0 Å². The summed E-state index contributed by atoms with van der Waals surface area (Å²) < 4.78 is 0. The van der Waals surface area contributed by atoms with Crippen LogP contribution < -0.4 is 5.73 Å². The predicted molar refractivity (Wildman–Crippen MR) is 44.4 cm³/mol. The first-order chi connectivity index (χ1) is 5.45. The molecule has 68 valence electrons. The molecule has 12 heavy (non-hydrogen) atoms. The Hall–Kier alpha value is -1.32. The zero-order chi connectivity index (χ0) is 9.78. The second-order valence-corrected chi connectivity index (χ2v) is 2.77. The van der Waals surface area contributed by atoms with Crippen molar-refractivity contribution < 1.29 is 14.7 Å². The third-order valence-corrected chi connectivity index (χ3v) is 1.78. The summed E-state index contributed by atoms with van der Waals surface area (Å²) in [7, 11) is 0. The molecule has 0 rings (SSSR count). The summed E-state index contributed by atoms with van der Waals surface area (Å²) in [6.07, 6.45) is 3.43. The quantitative estimate of drug-likeness (QED) is 0.478. The van der Waals surface area contributed by atoms with Gasteiger partial charge in [-0.3, -0.25) is 9.59 Å². The maximum absolute atomic E-state index is 10.8. The standard InChI is InChI=1S/C8H13NO3/c1-3-4-5-8(2,6(9)10)7(11)12/h3-4H,5H2,1-2H3,(H2,9,10)(H,11,12)/b4-3+. The van der Waals surface area contributed by atoms with E-state index in [0.29, 0.717) is 0 Å². The van der Waals surface area contributed by atoms with Gasteiger partial charge in [0, 0.05) is 0 Å². The van der Waals surface area contributed by atoms with Gasteiger partial charge in [0.15, 0.2) is 0 Å². The number of carbonyl (C=O) groups excluding carboxylic acids is 1. The van der Waals surface area contributed by atoms with Crippen LogP contribution in [0, 0.1) is 5.41 Å². The molecule has 3 N–H and O–H groups in total. The Morgan fingerprint density at radius 1 is 1.58 bits per heavy atom.